The number of rotatable bonds is 6. The van der Waals surface area contributed by atoms with Gasteiger partial charge in [0.15, 0.2) is 0 Å². The zero-order chi connectivity index (χ0) is 15.2. The molecule has 118 valence electrons. The van der Waals surface area contributed by atoms with Gasteiger partial charge < -0.3 is 5.32 Å². The van der Waals surface area contributed by atoms with Crippen LogP contribution in [0.1, 0.15) is 31.4 Å². The molecule has 1 aromatic rings. The van der Waals surface area contributed by atoms with Gasteiger partial charge in [0.05, 0.1) is 0 Å². The molecule has 2 rings (SSSR count). The van der Waals surface area contributed by atoms with Gasteiger partial charge in [0.2, 0.25) is 0 Å². The summed E-state index contributed by atoms with van der Waals surface area (Å²) < 4.78 is 13.5. The highest BCUT2D eigenvalue weighted by molar-refractivity contribution is 8.07. The van der Waals surface area contributed by atoms with Crippen LogP contribution in [-0.2, 0) is 6.42 Å². The lowest BCUT2D eigenvalue weighted by molar-refractivity contribution is 0.485. The SMILES string of the molecule is CCCNC(Cc1cc(F)ccc1C)C1SCCSC1C. The first-order valence-corrected chi connectivity index (χ1v) is 9.93. The van der Waals surface area contributed by atoms with Crippen LogP contribution >= 0.6 is 23.5 Å². The van der Waals surface area contributed by atoms with Gasteiger partial charge in [-0.05, 0) is 49.6 Å². The Morgan fingerprint density at radius 3 is 2.81 bits per heavy atom. The van der Waals surface area contributed by atoms with Crippen molar-refractivity contribution in [3.63, 3.8) is 0 Å². The van der Waals surface area contributed by atoms with Crippen LogP contribution in [0.25, 0.3) is 0 Å². The molecular weight excluding hydrogens is 301 g/mol. The highest BCUT2D eigenvalue weighted by atomic mass is 32.2. The summed E-state index contributed by atoms with van der Waals surface area (Å²) in [6.07, 6.45) is 2.06. The van der Waals surface area contributed by atoms with Crippen LogP contribution in [0.2, 0.25) is 0 Å². The number of benzene rings is 1. The second-order valence-electron chi connectivity index (χ2n) is 5.75. The van der Waals surface area contributed by atoms with Crippen molar-refractivity contribution in [1.82, 2.24) is 5.32 Å². The smallest absolute Gasteiger partial charge is 0.123 e. The summed E-state index contributed by atoms with van der Waals surface area (Å²) >= 11 is 4.15. The van der Waals surface area contributed by atoms with Crippen LogP contribution in [0.4, 0.5) is 4.39 Å². The lowest BCUT2D eigenvalue weighted by Gasteiger charge is -2.35. The summed E-state index contributed by atoms with van der Waals surface area (Å²) in [4.78, 5) is 0. The fourth-order valence-electron chi connectivity index (χ4n) is 2.82. The van der Waals surface area contributed by atoms with E-state index in [-0.39, 0.29) is 5.82 Å². The Morgan fingerprint density at radius 1 is 1.33 bits per heavy atom. The summed E-state index contributed by atoms with van der Waals surface area (Å²) in [6.45, 7) is 7.65. The molecule has 3 atom stereocenters. The molecule has 21 heavy (non-hydrogen) atoms. The topological polar surface area (TPSA) is 12.0 Å². The van der Waals surface area contributed by atoms with E-state index in [1.54, 1.807) is 12.1 Å². The molecule has 0 aliphatic carbocycles. The summed E-state index contributed by atoms with van der Waals surface area (Å²) in [5.41, 5.74) is 2.34. The molecule has 1 aliphatic heterocycles. The Balaban J connectivity index is 2.13. The summed E-state index contributed by atoms with van der Waals surface area (Å²) in [5.74, 6) is 2.36. The lowest BCUT2D eigenvalue weighted by Crippen LogP contribution is -2.46. The normalized spacial score (nSPS) is 24.0. The largest absolute Gasteiger partial charge is 0.313 e. The number of hydrogen-bond acceptors (Lipinski definition) is 3. The van der Waals surface area contributed by atoms with Gasteiger partial charge in [0.25, 0.3) is 0 Å². The third kappa shape index (κ3) is 4.90. The van der Waals surface area contributed by atoms with Crippen molar-refractivity contribution < 1.29 is 4.39 Å². The van der Waals surface area contributed by atoms with Crippen molar-refractivity contribution in [3.05, 3.63) is 35.1 Å². The van der Waals surface area contributed by atoms with Crippen LogP contribution in [0, 0.1) is 12.7 Å². The predicted molar refractivity (Wildman–Crippen MR) is 95.1 cm³/mol. The number of hydrogen-bond donors (Lipinski definition) is 1. The maximum absolute atomic E-state index is 13.5. The highest BCUT2D eigenvalue weighted by Gasteiger charge is 2.30. The van der Waals surface area contributed by atoms with Crippen LogP contribution < -0.4 is 5.32 Å². The number of halogens is 1. The molecule has 1 aromatic carbocycles. The quantitative estimate of drug-likeness (QED) is 0.837. The average Bonchev–Trinajstić information content (AvgIpc) is 2.48. The van der Waals surface area contributed by atoms with E-state index in [1.165, 1.54) is 17.1 Å². The van der Waals surface area contributed by atoms with Crippen molar-refractivity contribution in [2.45, 2.75) is 50.2 Å². The van der Waals surface area contributed by atoms with E-state index in [0.29, 0.717) is 16.5 Å². The average molecular weight is 328 g/mol. The van der Waals surface area contributed by atoms with Crippen molar-refractivity contribution in [1.29, 1.82) is 0 Å². The van der Waals surface area contributed by atoms with E-state index in [1.807, 2.05) is 6.07 Å². The first-order chi connectivity index (χ1) is 10.1. The van der Waals surface area contributed by atoms with E-state index in [9.17, 15) is 4.39 Å². The Bertz CT molecular complexity index is 452. The molecule has 0 aromatic heterocycles. The summed E-state index contributed by atoms with van der Waals surface area (Å²) in [6, 6.07) is 5.59. The minimum Gasteiger partial charge on any atom is -0.313 e. The van der Waals surface area contributed by atoms with Gasteiger partial charge in [0.1, 0.15) is 5.82 Å². The fraction of sp³-hybridized carbons (Fsp3) is 0.647. The summed E-state index contributed by atoms with van der Waals surface area (Å²) in [5, 5.41) is 4.98. The van der Waals surface area contributed by atoms with E-state index in [4.69, 9.17) is 0 Å². The minimum absolute atomic E-state index is 0.122. The van der Waals surface area contributed by atoms with Gasteiger partial charge in [-0.1, -0.05) is 19.9 Å². The maximum atomic E-state index is 13.5. The predicted octanol–water partition coefficient (Wildman–Crippen LogP) is 4.28. The molecule has 0 spiro atoms. The Morgan fingerprint density at radius 2 is 2.10 bits per heavy atom. The second kappa shape index (κ2) is 8.44. The van der Waals surface area contributed by atoms with Crippen LogP contribution in [0.3, 0.4) is 0 Å². The van der Waals surface area contributed by atoms with E-state index < -0.39 is 0 Å². The number of aryl methyl sites for hydroxylation is 1. The molecule has 0 amide bonds. The molecule has 1 aliphatic rings. The first kappa shape index (κ1) is 17.2. The van der Waals surface area contributed by atoms with Crippen LogP contribution in [-0.4, -0.2) is 34.6 Å². The maximum Gasteiger partial charge on any atom is 0.123 e. The molecule has 0 radical (unpaired) electrons. The Kier molecular flexibility index (Phi) is 6.90. The lowest BCUT2D eigenvalue weighted by atomic mass is 9.97. The van der Waals surface area contributed by atoms with Crippen molar-refractivity contribution in [3.8, 4) is 0 Å². The molecule has 0 saturated carbocycles. The van der Waals surface area contributed by atoms with E-state index in [0.717, 1.165) is 24.9 Å². The van der Waals surface area contributed by atoms with E-state index >= 15 is 0 Å². The molecule has 1 saturated heterocycles. The Hall–Kier alpha value is -0.190. The molecule has 0 bridgehead atoms. The number of nitrogens with one attached hydrogen (secondary N) is 1. The van der Waals surface area contributed by atoms with Gasteiger partial charge in [-0.25, -0.2) is 4.39 Å². The van der Waals surface area contributed by atoms with Gasteiger partial charge in [0, 0.05) is 28.0 Å². The first-order valence-electron chi connectivity index (χ1n) is 7.83. The van der Waals surface area contributed by atoms with Gasteiger partial charge in [-0.2, -0.15) is 23.5 Å². The third-order valence-corrected chi connectivity index (χ3v) is 7.29. The molecule has 3 unspecified atom stereocenters. The highest BCUT2D eigenvalue weighted by Crippen LogP contribution is 2.34. The Labute approximate surface area is 136 Å². The van der Waals surface area contributed by atoms with Crippen LogP contribution in [0.5, 0.6) is 0 Å². The van der Waals surface area contributed by atoms with Crippen molar-refractivity contribution in [2.24, 2.45) is 0 Å². The fourth-order valence-corrected chi connectivity index (χ4v) is 5.78. The monoisotopic (exact) mass is 327 g/mol. The molecule has 1 nitrogen and oxygen atoms in total. The minimum atomic E-state index is -0.122. The molecular formula is C17H26FNS2. The van der Waals surface area contributed by atoms with E-state index in [2.05, 4.69) is 49.6 Å². The van der Waals surface area contributed by atoms with Gasteiger partial charge >= 0.3 is 0 Å². The molecule has 1 N–H and O–H groups in total. The summed E-state index contributed by atoms with van der Waals surface area (Å²) in [7, 11) is 0. The molecule has 1 heterocycles. The van der Waals surface area contributed by atoms with Crippen molar-refractivity contribution in [2.75, 3.05) is 18.1 Å². The zero-order valence-electron chi connectivity index (χ0n) is 13.2. The molecule has 4 heteroatoms. The third-order valence-electron chi connectivity index (χ3n) is 4.04. The molecule has 1 fully saturated rings. The van der Waals surface area contributed by atoms with Crippen LogP contribution in [0.15, 0.2) is 18.2 Å². The zero-order valence-corrected chi connectivity index (χ0v) is 14.8. The number of thioether (sulfide) groups is 2. The van der Waals surface area contributed by atoms with Gasteiger partial charge in [-0.15, -0.1) is 0 Å². The van der Waals surface area contributed by atoms with Gasteiger partial charge in [-0.3, -0.25) is 0 Å². The standard InChI is InChI=1S/C17H26FNS2/c1-4-7-19-16(17-13(3)20-8-9-21-17)11-14-10-15(18)6-5-12(14)2/h5-6,10,13,16-17,19H,4,7-9,11H2,1-3H3. The van der Waals surface area contributed by atoms with Crippen molar-refractivity contribution >= 4 is 23.5 Å². The second-order valence-corrected chi connectivity index (χ2v) is 8.52.